The van der Waals surface area contributed by atoms with E-state index in [-0.39, 0.29) is 12.5 Å². The Morgan fingerprint density at radius 3 is 2.82 bits per heavy atom. The number of aliphatic hydroxyl groups is 1. The molecule has 5 heterocycles. The van der Waals surface area contributed by atoms with E-state index in [4.69, 9.17) is 9.47 Å². The first-order valence-corrected chi connectivity index (χ1v) is 11.7. The van der Waals surface area contributed by atoms with E-state index in [0.29, 0.717) is 29.4 Å². The number of nitrogens with one attached hydrogen (secondary N) is 1. The third-order valence-corrected chi connectivity index (χ3v) is 6.85. The Hall–Kier alpha value is -3.21. The van der Waals surface area contributed by atoms with Crippen molar-refractivity contribution in [1.29, 1.82) is 0 Å². The quantitative estimate of drug-likeness (QED) is 0.594. The van der Waals surface area contributed by atoms with Crippen LogP contribution in [0, 0.1) is 0 Å². The summed E-state index contributed by atoms with van der Waals surface area (Å²) in [6.07, 6.45) is 5.39. The molecule has 0 saturated carbocycles. The Balaban J connectivity index is 1.31. The lowest BCUT2D eigenvalue weighted by Crippen LogP contribution is -2.56. The van der Waals surface area contributed by atoms with Gasteiger partial charge in [-0.1, -0.05) is 0 Å². The van der Waals surface area contributed by atoms with Gasteiger partial charge in [0, 0.05) is 51.1 Å². The maximum Gasteiger partial charge on any atom is 0.261 e. The Morgan fingerprint density at radius 2 is 2.06 bits per heavy atom. The van der Waals surface area contributed by atoms with Crippen LogP contribution >= 0.6 is 0 Å². The number of hydrogen-bond acceptors (Lipinski definition) is 8. The summed E-state index contributed by atoms with van der Waals surface area (Å²) in [5, 5.41) is 17.9. The lowest BCUT2D eigenvalue weighted by molar-refractivity contribution is -0.0660. The van der Waals surface area contributed by atoms with Gasteiger partial charge in [-0.05, 0) is 24.6 Å². The standard InChI is InChI=1S/C24H28N6O4/c1-24(32)11-16-9-19(27-23(31)18-12-26-30-4-2-3-25-22(18)30)20(10-21(16)34-15-24)29-7-5-28(6-8-29)17-13-33-14-17/h2-4,9-10,12,17,32H,5-8,11,13-15H2,1H3,(H,27,31)/t24-/m0/s1. The number of nitrogens with zero attached hydrogens (tertiary/aromatic N) is 5. The van der Waals surface area contributed by atoms with Crippen molar-refractivity contribution in [2.45, 2.75) is 25.0 Å². The molecule has 10 heteroatoms. The number of benzene rings is 1. The molecule has 3 aliphatic rings. The van der Waals surface area contributed by atoms with Crippen molar-refractivity contribution in [2.75, 3.05) is 56.2 Å². The van der Waals surface area contributed by atoms with E-state index in [9.17, 15) is 9.90 Å². The molecule has 2 aromatic heterocycles. The van der Waals surface area contributed by atoms with Gasteiger partial charge >= 0.3 is 0 Å². The van der Waals surface area contributed by atoms with Crippen LogP contribution in [-0.2, 0) is 11.2 Å². The zero-order valence-electron chi connectivity index (χ0n) is 19.1. The summed E-state index contributed by atoms with van der Waals surface area (Å²) < 4.78 is 12.8. The summed E-state index contributed by atoms with van der Waals surface area (Å²) in [5.41, 5.74) is 2.45. The fourth-order valence-electron chi connectivity index (χ4n) is 4.88. The molecule has 0 bridgehead atoms. The van der Waals surface area contributed by atoms with E-state index in [1.807, 2.05) is 12.1 Å². The Kier molecular flexibility index (Phi) is 5.16. The van der Waals surface area contributed by atoms with Gasteiger partial charge in [0.25, 0.3) is 5.91 Å². The summed E-state index contributed by atoms with van der Waals surface area (Å²) in [4.78, 5) is 22.3. The summed E-state index contributed by atoms with van der Waals surface area (Å²) in [6, 6.07) is 6.21. The van der Waals surface area contributed by atoms with Gasteiger partial charge in [-0.15, -0.1) is 0 Å². The van der Waals surface area contributed by atoms with E-state index in [0.717, 1.165) is 56.4 Å². The largest absolute Gasteiger partial charge is 0.490 e. The molecule has 1 amide bonds. The lowest BCUT2D eigenvalue weighted by Gasteiger charge is -2.43. The van der Waals surface area contributed by atoms with Crippen molar-refractivity contribution in [1.82, 2.24) is 19.5 Å². The van der Waals surface area contributed by atoms with Crippen molar-refractivity contribution >= 4 is 22.9 Å². The van der Waals surface area contributed by atoms with Gasteiger partial charge in [0.15, 0.2) is 5.65 Å². The number of ether oxygens (including phenoxy) is 2. The van der Waals surface area contributed by atoms with E-state index in [1.165, 1.54) is 6.20 Å². The molecule has 0 spiro atoms. The van der Waals surface area contributed by atoms with Crippen LogP contribution in [0.2, 0.25) is 0 Å². The van der Waals surface area contributed by atoms with Crippen LogP contribution in [0.4, 0.5) is 11.4 Å². The molecule has 6 rings (SSSR count). The molecule has 178 valence electrons. The highest BCUT2D eigenvalue weighted by atomic mass is 16.5. The van der Waals surface area contributed by atoms with Crippen molar-refractivity contribution < 1.29 is 19.4 Å². The van der Waals surface area contributed by atoms with Gasteiger partial charge < -0.3 is 24.8 Å². The highest BCUT2D eigenvalue weighted by molar-refractivity contribution is 6.09. The van der Waals surface area contributed by atoms with E-state index >= 15 is 0 Å². The third-order valence-electron chi connectivity index (χ3n) is 6.85. The van der Waals surface area contributed by atoms with Gasteiger partial charge in [0.2, 0.25) is 0 Å². The molecule has 3 aromatic rings. The van der Waals surface area contributed by atoms with Crippen LogP contribution in [-0.4, -0.2) is 88.2 Å². The van der Waals surface area contributed by atoms with Crippen LogP contribution in [0.5, 0.6) is 5.75 Å². The molecule has 0 unspecified atom stereocenters. The van der Waals surface area contributed by atoms with Gasteiger partial charge in [0.1, 0.15) is 17.9 Å². The second-order valence-corrected chi connectivity index (χ2v) is 9.55. The predicted molar refractivity (Wildman–Crippen MR) is 126 cm³/mol. The zero-order chi connectivity index (χ0) is 23.3. The van der Waals surface area contributed by atoms with Gasteiger partial charge in [0.05, 0.1) is 42.4 Å². The molecular weight excluding hydrogens is 436 g/mol. The maximum absolute atomic E-state index is 13.3. The molecule has 1 atom stereocenters. The zero-order valence-corrected chi connectivity index (χ0v) is 19.1. The molecule has 3 aliphatic heterocycles. The second kappa shape index (κ2) is 8.23. The fraction of sp³-hybridized carbons (Fsp3) is 0.458. The van der Waals surface area contributed by atoms with Crippen molar-refractivity contribution in [3.05, 3.63) is 47.9 Å². The topological polar surface area (TPSA) is 104 Å². The van der Waals surface area contributed by atoms with E-state index in [2.05, 4.69) is 25.2 Å². The summed E-state index contributed by atoms with van der Waals surface area (Å²) in [6.45, 7) is 7.17. The van der Waals surface area contributed by atoms with Crippen molar-refractivity contribution in [2.24, 2.45) is 0 Å². The monoisotopic (exact) mass is 464 g/mol. The first kappa shape index (κ1) is 21.3. The van der Waals surface area contributed by atoms with E-state index < -0.39 is 5.60 Å². The maximum atomic E-state index is 13.3. The predicted octanol–water partition coefficient (Wildman–Crippen LogP) is 1.19. The number of anilines is 2. The minimum Gasteiger partial charge on any atom is -0.490 e. The number of aromatic nitrogens is 3. The molecule has 0 aliphatic carbocycles. The molecule has 2 saturated heterocycles. The van der Waals surface area contributed by atoms with Crippen LogP contribution in [0.25, 0.3) is 5.65 Å². The number of rotatable bonds is 4. The highest BCUT2D eigenvalue weighted by Gasteiger charge is 2.33. The molecule has 2 N–H and O–H groups in total. The lowest BCUT2D eigenvalue weighted by atomic mass is 9.93. The van der Waals surface area contributed by atoms with Gasteiger partial charge in [-0.25, -0.2) is 9.50 Å². The van der Waals surface area contributed by atoms with Crippen LogP contribution < -0.4 is 15.0 Å². The first-order chi connectivity index (χ1) is 16.5. The highest BCUT2D eigenvalue weighted by Crippen LogP contribution is 2.39. The Morgan fingerprint density at radius 1 is 1.24 bits per heavy atom. The van der Waals surface area contributed by atoms with Gasteiger partial charge in [-0.3, -0.25) is 9.69 Å². The summed E-state index contributed by atoms with van der Waals surface area (Å²) in [7, 11) is 0. The van der Waals surface area contributed by atoms with Crippen LogP contribution in [0.3, 0.4) is 0 Å². The van der Waals surface area contributed by atoms with Crippen LogP contribution in [0.15, 0.2) is 36.8 Å². The minimum absolute atomic E-state index is 0.245. The molecule has 2 fully saturated rings. The van der Waals surface area contributed by atoms with E-state index in [1.54, 1.807) is 29.9 Å². The smallest absolute Gasteiger partial charge is 0.261 e. The number of amides is 1. The third kappa shape index (κ3) is 3.87. The number of piperazine rings is 1. The van der Waals surface area contributed by atoms with Crippen molar-refractivity contribution in [3.63, 3.8) is 0 Å². The van der Waals surface area contributed by atoms with Gasteiger partial charge in [-0.2, -0.15) is 5.10 Å². The summed E-state index contributed by atoms with van der Waals surface area (Å²) in [5.74, 6) is 0.482. The normalized spacial score (nSPS) is 23.3. The second-order valence-electron chi connectivity index (χ2n) is 9.55. The molecular formula is C24H28N6O4. The molecule has 1 aromatic carbocycles. The SMILES string of the molecule is C[C@@]1(O)COc2cc(N3CCN(C4COC4)CC3)c(NC(=O)c3cnn4cccnc34)cc2C1. The molecule has 34 heavy (non-hydrogen) atoms. The Labute approximate surface area is 197 Å². The average Bonchev–Trinajstić information content (AvgIpc) is 3.22. The number of carbonyl (C=O) groups excluding carboxylic acids is 1. The van der Waals surface area contributed by atoms with Crippen LogP contribution in [0.1, 0.15) is 22.8 Å². The average molecular weight is 465 g/mol. The fourth-order valence-corrected chi connectivity index (χ4v) is 4.88. The minimum atomic E-state index is -0.946. The Bertz CT molecular complexity index is 1230. The molecule has 0 radical (unpaired) electrons. The number of carbonyl (C=O) groups is 1. The summed E-state index contributed by atoms with van der Waals surface area (Å²) >= 11 is 0. The number of fused-ring (bicyclic) bond motifs is 2. The first-order valence-electron chi connectivity index (χ1n) is 11.7. The van der Waals surface area contributed by atoms with Crippen molar-refractivity contribution in [3.8, 4) is 5.75 Å². The molecule has 10 nitrogen and oxygen atoms in total. The number of hydrogen-bond donors (Lipinski definition) is 2.